The Kier molecular flexibility index (Phi) is 4.91. The number of piperazine rings is 1. The molecule has 1 aliphatic heterocycles. The summed E-state index contributed by atoms with van der Waals surface area (Å²) in [5.74, 6) is -0.298. The molecular formula is C22H20N4O4S. The molecule has 1 amide bonds. The lowest BCUT2D eigenvalue weighted by molar-refractivity contribution is 0.0622. The van der Waals surface area contributed by atoms with Crippen molar-refractivity contribution >= 4 is 33.2 Å². The van der Waals surface area contributed by atoms with Crippen molar-refractivity contribution in [3.63, 3.8) is 0 Å². The second kappa shape index (κ2) is 7.75. The number of thiazole rings is 1. The van der Waals surface area contributed by atoms with Crippen molar-refractivity contribution in [3.8, 4) is 0 Å². The first-order valence-corrected chi connectivity index (χ1v) is 10.9. The van der Waals surface area contributed by atoms with Crippen LogP contribution in [0.5, 0.6) is 0 Å². The van der Waals surface area contributed by atoms with Crippen LogP contribution in [0, 0.1) is 6.92 Å². The Morgan fingerprint density at radius 2 is 1.94 bits per heavy atom. The van der Waals surface area contributed by atoms with Gasteiger partial charge in [-0.2, -0.15) is 0 Å². The number of nitrogens with zero attached hydrogens (tertiary/aromatic N) is 4. The molecule has 3 aromatic heterocycles. The van der Waals surface area contributed by atoms with E-state index in [0.717, 1.165) is 11.1 Å². The zero-order valence-electron chi connectivity index (χ0n) is 16.9. The van der Waals surface area contributed by atoms with Gasteiger partial charge in [-0.3, -0.25) is 18.9 Å². The molecule has 158 valence electrons. The van der Waals surface area contributed by atoms with Crippen molar-refractivity contribution in [2.45, 2.75) is 13.5 Å². The summed E-state index contributed by atoms with van der Waals surface area (Å²) >= 11 is 1.42. The fraction of sp³-hybridized carbons (Fsp3) is 0.273. The summed E-state index contributed by atoms with van der Waals surface area (Å²) in [6, 6.07) is 8.79. The van der Waals surface area contributed by atoms with Crippen molar-refractivity contribution in [1.82, 2.24) is 19.2 Å². The molecule has 0 bridgehead atoms. The Labute approximate surface area is 181 Å². The molecule has 1 fully saturated rings. The molecule has 0 radical (unpaired) electrons. The van der Waals surface area contributed by atoms with Crippen molar-refractivity contribution in [1.29, 1.82) is 0 Å². The average Bonchev–Trinajstić information content (AvgIpc) is 3.23. The summed E-state index contributed by atoms with van der Waals surface area (Å²) in [7, 11) is 0. The summed E-state index contributed by atoms with van der Waals surface area (Å²) < 4.78 is 6.90. The number of fused-ring (bicyclic) bond motifs is 2. The monoisotopic (exact) mass is 436 g/mol. The Balaban J connectivity index is 1.31. The molecule has 1 aliphatic rings. The Morgan fingerprint density at radius 1 is 1.16 bits per heavy atom. The predicted molar refractivity (Wildman–Crippen MR) is 118 cm³/mol. The molecule has 5 rings (SSSR count). The number of hydrogen-bond acceptors (Lipinski definition) is 7. The van der Waals surface area contributed by atoms with E-state index >= 15 is 0 Å². The molecule has 0 spiro atoms. The van der Waals surface area contributed by atoms with Crippen LogP contribution >= 0.6 is 11.3 Å². The van der Waals surface area contributed by atoms with Crippen LogP contribution in [0.1, 0.15) is 21.6 Å². The van der Waals surface area contributed by atoms with Gasteiger partial charge in [-0.15, -0.1) is 11.3 Å². The number of carbonyl (C=O) groups is 1. The Hall–Kier alpha value is -3.30. The summed E-state index contributed by atoms with van der Waals surface area (Å²) in [6.07, 6.45) is 1.72. The van der Waals surface area contributed by atoms with E-state index in [9.17, 15) is 14.4 Å². The summed E-state index contributed by atoms with van der Waals surface area (Å²) in [5, 5.41) is 2.61. The molecule has 1 aromatic carbocycles. The molecule has 0 N–H and O–H groups in total. The van der Waals surface area contributed by atoms with Crippen molar-refractivity contribution < 1.29 is 9.21 Å². The Bertz CT molecular complexity index is 1410. The number of carbonyl (C=O) groups excluding carboxylic acids is 1. The van der Waals surface area contributed by atoms with E-state index in [-0.39, 0.29) is 17.0 Å². The first-order chi connectivity index (χ1) is 15.0. The van der Waals surface area contributed by atoms with Crippen LogP contribution < -0.4 is 11.2 Å². The topological polar surface area (TPSA) is 88.1 Å². The van der Waals surface area contributed by atoms with Crippen LogP contribution in [-0.4, -0.2) is 51.3 Å². The number of amides is 1. The first kappa shape index (κ1) is 19.7. The van der Waals surface area contributed by atoms with E-state index in [4.69, 9.17) is 4.42 Å². The smallest absolute Gasteiger partial charge is 0.349 e. The molecule has 4 aromatic rings. The third-order valence-corrected chi connectivity index (χ3v) is 6.44. The molecule has 0 atom stereocenters. The van der Waals surface area contributed by atoms with Gasteiger partial charge in [0.05, 0.1) is 5.69 Å². The van der Waals surface area contributed by atoms with E-state index in [1.165, 1.54) is 15.7 Å². The number of hydrogen-bond donors (Lipinski definition) is 0. The third-order valence-electron chi connectivity index (χ3n) is 5.69. The summed E-state index contributed by atoms with van der Waals surface area (Å²) in [5.41, 5.74) is 1.26. The number of rotatable bonds is 3. The lowest BCUT2D eigenvalue weighted by Gasteiger charge is -2.34. The standard InChI is InChI=1S/C22H20N4O4S/c1-14-16-4-2-3-5-17(16)30-21(29)19(14)20(28)25-8-6-24(7-9-25)13-15-12-18(27)26-10-11-31-22(26)23-15/h2-5,10-12H,6-9,13H2,1H3. The van der Waals surface area contributed by atoms with Gasteiger partial charge in [0, 0.05) is 55.8 Å². The van der Waals surface area contributed by atoms with Crippen LogP contribution in [0.15, 0.2) is 55.9 Å². The minimum Gasteiger partial charge on any atom is -0.422 e. The molecule has 1 saturated heterocycles. The number of aryl methyl sites for hydroxylation is 1. The molecule has 9 heteroatoms. The fourth-order valence-corrected chi connectivity index (χ4v) is 4.76. The number of para-hydroxylation sites is 1. The predicted octanol–water partition coefficient (Wildman–Crippen LogP) is 2.13. The Morgan fingerprint density at radius 3 is 2.74 bits per heavy atom. The van der Waals surface area contributed by atoms with Crippen LogP contribution in [0.2, 0.25) is 0 Å². The lowest BCUT2D eigenvalue weighted by Crippen LogP contribution is -2.49. The van der Waals surface area contributed by atoms with Crippen molar-refractivity contribution in [2.24, 2.45) is 0 Å². The van der Waals surface area contributed by atoms with Gasteiger partial charge in [0.1, 0.15) is 11.1 Å². The SMILES string of the molecule is Cc1c(C(=O)N2CCN(Cc3cc(=O)n4ccsc4n3)CC2)c(=O)oc2ccccc12. The largest absolute Gasteiger partial charge is 0.422 e. The molecule has 0 unspecified atom stereocenters. The summed E-state index contributed by atoms with van der Waals surface area (Å²) in [6.45, 7) is 4.58. The number of benzene rings is 1. The average molecular weight is 436 g/mol. The molecule has 0 saturated carbocycles. The number of aromatic nitrogens is 2. The molecular weight excluding hydrogens is 416 g/mol. The van der Waals surface area contributed by atoms with E-state index in [2.05, 4.69) is 9.88 Å². The highest BCUT2D eigenvalue weighted by Gasteiger charge is 2.27. The first-order valence-electron chi connectivity index (χ1n) is 10.0. The second-order valence-electron chi connectivity index (χ2n) is 7.60. The van der Waals surface area contributed by atoms with Crippen LogP contribution in [0.4, 0.5) is 0 Å². The zero-order valence-corrected chi connectivity index (χ0v) is 17.7. The molecule has 31 heavy (non-hydrogen) atoms. The summed E-state index contributed by atoms with van der Waals surface area (Å²) in [4.78, 5) is 46.9. The highest BCUT2D eigenvalue weighted by atomic mass is 32.1. The lowest BCUT2D eigenvalue weighted by atomic mass is 10.0. The van der Waals surface area contributed by atoms with Gasteiger partial charge >= 0.3 is 5.63 Å². The fourth-order valence-electron chi connectivity index (χ4n) is 4.02. The van der Waals surface area contributed by atoms with Crippen molar-refractivity contribution in [3.05, 3.63) is 79.5 Å². The van der Waals surface area contributed by atoms with Gasteiger partial charge in [-0.05, 0) is 18.6 Å². The van der Waals surface area contributed by atoms with E-state index < -0.39 is 5.63 Å². The van der Waals surface area contributed by atoms with Gasteiger partial charge < -0.3 is 9.32 Å². The van der Waals surface area contributed by atoms with E-state index in [0.29, 0.717) is 48.8 Å². The zero-order chi connectivity index (χ0) is 21.5. The maximum Gasteiger partial charge on any atom is 0.349 e. The van der Waals surface area contributed by atoms with E-state index in [1.54, 1.807) is 36.2 Å². The maximum atomic E-state index is 13.1. The van der Waals surface area contributed by atoms with Gasteiger partial charge in [0.25, 0.3) is 11.5 Å². The van der Waals surface area contributed by atoms with E-state index in [1.807, 2.05) is 17.5 Å². The highest BCUT2D eigenvalue weighted by molar-refractivity contribution is 7.15. The highest BCUT2D eigenvalue weighted by Crippen LogP contribution is 2.20. The normalized spacial score (nSPS) is 15.1. The minimum atomic E-state index is -0.599. The quantitative estimate of drug-likeness (QED) is 0.457. The maximum absolute atomic E-state index is 13.1. The van der Waals surface area contributed by atoms with Gasteiger partial charge in [0.15, 0.2) is 4.96 Å². The molecule has 4 heterocycles. The van der Waals surface area contributed by atoms with Crippen LogP contribution in [0.3, 0.4) is 0 Å². The van der Waals surface area contributed by atoms with Crippen LogP contribution in [-0.2, 0) is 6.54 Å². The van der Waals surface area contributed by atoms with Gasteiger partial charge in [-0.25, -0.2) is 9.78 Å². The minimum absolute atomic E-state index is 0.0893. The van der Waals surface area contributed by atoms with Gasteiger partial charge in [-0.1, -0.05) is 18.2 Å². The van der Waals surface area contributed by atoms with Crippen molar-refractivity contribution in [2.75, 3.05) is 26.2 Å². The van der Waals surface area contributed by atoms with Crippen LogP contribution in [0.25, 0.3) is 15.9 Å². The molecule has 8 nitrogen and oxygen atoms in total. The third kappa shape index (κ3) is 3.55. The second-order valence-corrected chi connectivity index (χ2v) is 8.47. The van der Waals surface area contributed by atoms with Gasteiger partial charge in [0.2, 0.25) is 0 Å². The molecule has 0 aliphatic carbocycles.